The van der Waals surface area contributed by atoms with Crippen LogP contribution in [0.3, 0.4) is 0 Å². The lowest BCUT2D eigenvalue weighted by atomic mass is 9.98. The largest absolute Gasteiger partial charge is 0.409 e. The normalized spacial score (nSPS) is 26.8. The molecular weight excluding hydrogens is 318 g/mol. The van der Waals surface area contributed by atoms with Crippen molar-refractivity contribution in [2.45, 2.75) is 49.3 Å². The van der Waals surface area contributed by atoms with Crippen LogP contribution in [0, 0.1) is 0 Å². The SMILES string of the molecule is NC(=NO)C1(NS(=O)(=O)C2CCS(=O)(=O)CC2)CCCC1. The molecular formula is C11H21N3O5S2. The van der Waals surface area contributed by atoms with Crippen molar-refractivity contribution < 1.29 is 22.0 Å². The molecule has 0 aromatic heterocycles. The summed E-state index contributed by atoms with van der Waals surface area (Å²) in [5.41, 5.74) is 4.63. The highest BCUT2D eigenvalue weighted by molar-refractivity contribution is 7.92. The zero-order valence-corrected chi connectivity index (χ0v) is 13.3. The van der Waals surface area contributed by atoms with Gasteiger partial charge in [-0.25, -0.2) is 21.6 Å². The van der Waals surface area contributed by atoms with Crippen LogP contribution in [-0.2, 0) is 19.9 Å². The molecule has 1 aliphatic carbocycles. The van der Waals surface area contributed by atoms with Crippen LogP contribution in [0.1, 0.15) is 38.5 Å². The van der Waals surface area contributed by atoms with Crippen molar-refractivity contribution in [2.24, 2.45) is 10.9 Å². The zero-order chi connectivity index (χ0) is 15.7. The highest BCUT2D eigenvalue weighted by Gasteiger charge is 2.44. The number of hydrogen-bond donors (Lipinski definition) is 3. The van der Waals surface area contributed by atoms with Crippen LogP contribution in [0.2, 0.25) is 0 Å². The van der Waals surface area contributed by atoms with Gasteiger partial charge in [0.2, 0.25) is 10.0 Å². The number of hydrogen-bond acceptors (Lipinski definition) is 6. The fourth-order valence-electron chi connectivity index (χ4n) is 3.02. The van der Waals surface area contributed by atoms with Crippen LogP contribution in [0.15, 0.2) is 5.16 Å². The van der Waals surface area contributed by atoms with Gasteiger partial charge in [0.05, 0.1) is 22.3 Å². The van der Waals surface area contributed by atoms with E-state index in [1.54, 1.807) is 0 Å². The monoisotopic (exact) mass is 339 g/mol. The summed E-state index contributed by atoms with van der Waals surface area (Å²) in [5, 5.41) is 11.1. The lowest BCUT2D eigenvalue weighted by Gasteiger charge is -2.31. The lowest BCUT2D eigenvalue weighted by molar-refractivity contribution is 0.309. The third kappa shape index (κ3) is 3.49. The van der Waals surface area contributed by atoms with Crippen molar-refractivity contribution in [3.05, 3.63) is 0 Å². The molecule has 2 fully saturated rings. The standard InChI is InChI=1S/C11H21N3O5S2/c12-10(13-15)11(5-1-2-6-11)14-21(18,19)9-3-7-20(16,17)8-4-9/h9,14-15H,1-8H2,(H2,12,13). The van der Waals surface area contributed by atoms with Gasteiger partial charge in [-0.05, 0) is 25.7 Å². The predicted molar refractivity (Wildman–Crippen MR) is 78.3 cm³/mol. The van der Waals surface area contributed by atoms with Crippen LogP contribution in [-0.4, -0.2) is 50.2 Å². The summed E-state index contributed by atoms with van der Waals surface area (Å²) < 4.78 is 50.3. The van der Waals surface area contributed by atoms with Crippen molar-refractivity contribution in [1.82, 2.24) is 4.72 Å². The molecule has 21 heavy (non-hydrogen) atoms. The molecule has 2 rings (SSSR count). The van der Waals surface area contributed by atoms with Gasteiger partial charge in [-0.15, -0.1) is 0 Å². The summed E-state index contributed by atoms with van der Waals surface area (Å²) in [4.78, 5) is 0. The number of amidine groups is 1. The van der Waals surface area contributed by atoms with Crippen molar-refractivity contribution in [2.75, 3.05) is 11.5 Å². The van der Waals surface area contributed by atoms with Gasteiger partial charge in [0.1, 0.15) is 9.84 Å². The van der Waals surface area contributed by atoms with Gasteiger partial charge in [0, 0.05) is 0 Å². The molecule has 2 aliphatic rings. The lowest BCUT2D eigenvalue weighted by Crippen LogP contribution is -2.58. The topological polar surface area (TPSA) is 139 Å². The Hall–Kier alpha value is -0.870. The van der Waals surface area contributed by atoms with Crippen LogP contribution in [0.4, 0.5) is 0 Å². The molecule has 0 atom stereocenters. The van der Waals surface area contributed by atoms with Crippen molar-refractivity contribution in [3.63, 3.8) is 0 Å². The average Bonchev–Trinajstić information content (AvgIpc) is 2.86. The second-order valence-electron chi connectivity index (χ2n) is 5.77. The smallest absolute Gasteiger partial charge is 0.215 e. The van der Waals surface area contributed by atoms with Gasteiger partial charge in [-0.3, -0.25) is 0 Å². The maximum absolute atomic E-state index is 12.5. The number of sulfonamides is 1. The molecule has 0 radical (unpaired) electrons. The number of nitrogens with one attached hydrogen (secondary N) is 1. The summed E-state index contributed by atoms with van der Waals surface area (Å²) in [6.07, 6.45) is 2.71. The van der Waals surface area contributed by atoms with Crippen molar-refractivity contribution >= 4 is 25.7 Å². The maximum Gasteiger partial charge on any atom is 0.215 e. The van der Waals surface area contributed by atoms with Crippen LogP contribution in [0.25, 0.3) is 0 Å². The van der Waals surface area contributed by atoms with E-state index in [1.807, 2.05) is 0 Å². The third-order valence-corrected chi connectivity index (χ3v) is 8.07. The van der Waals surface area contributed by atoms with Gasteiger partial charge in [-0.2, -0.15) is 0 Å². The van der Waals surface area contributed by atoms with Gasteiger partial charge in [0.25, 0.3) is 0 Å². The van der Waals surface area contributed by atoms with Crippen LogP contribution >= 0.6 is 0 Å². The zero-order valence-electron chi connectivity index (χ0n) is 11.7. The fraction of sp³-hybridized carbons (Fsp3) is 0.909. The summed E-state index contributed by atoms with van der Waals surface area (Å²) >= 11 is 0. The quantitative estimate of drug-likeness (QED) is 0.274. The van der Waals surface area contributed by atoms with Crippen molar-refractivity contribution in [1.29, 1.82) is 0 Å². The first-order valence-electron chi connectivity index (χ1n) is 6.92. The maximum atomic E-state index is 12.5. The van der Waals surface area contributed by atoms with Gasteiger partial charge < -0.3 is 10.9 Å². The highest BCUT2D eigenvalue weighted by Crippen LogP contribution is 2.32. The number of nitrogens with zero attached hydrogens (tertiary/aromatic N) is 1. The van der Waals surface area contributed by atoms with E-state index < -0.39 is 30.6 Å². The molecule has 122 valence electrons. The average molecular weight is 339 g/mol. The molecule has 10 heteroatoms. The Kier molecular flexibility index (Phi) is 4.50. The molecule has 0 amide bonds. The molecule has 0 unspecified atom stereocenters. The summed E-state index contributed by atoms with van der Waals surface area (Å²) in [5.74, 6) is -0.364. The minimum atomic E-state index is -3.72. The molecule has 1 heterocycles. The molecule has 0 spiro atoms. The Morgan fingerprint density at radius 1 is 1.24 bits per heavy atom. The minimum Gasteiger partial charge on any atom is -0.409 e. The Morgan fingerprint density at radius 3 is 2.24 bits per heavy atom. The second kappa shape index (κ2) is 5.73. The molecule has 1 aliphatic heterocycles. The molecule has 8 nitrogen and oxygen atoms in total. The Bertz CT molecular complexity index is 606. The molecule has 0 aromatic carbocycles. The Labute approximate surface area is 124 Å². The van der Waals surface area contributed by atoms with E-state index in [-0.39, 0.29) is 30.2 Å². The molecule has 4 N–H and O–H groups in total. The first-order valence-corrected chi connectivity index (χ1v) is 10.3. The van der Waals surface area contributed by atoms with E-state index >= 15 is 0 Å². The van der Waals surface area contributed by atoms with E-state index in [0.29, 0.717) is 12.8 Å². The van der Waals surface area contributed by atoms with Gasteiger partial charge in [-0.1, -0.05) is 18.0 Å². The Balaban J connectivity index is 2.17. The summed E-state index contributed by atoms with van der Waals surface area (Å²) in [6, 6.07) is 0. The van der Waals surface area contributed by atoms with E-state index in [1.165, 1.54) is 0 Å². The van der Waals surface area contributed by atoms with Crippen molar-refractivity contribution in [3.8, 4) is 0 Å². The number of oxime groups is 1. The predicted octanol–water partition coefficient (Wildman–Crippen LogP) is -0.458. The second-order valence-corrected chi connectivity index (χ2v) is 10.0. The highest BCUT2D eigenvalue weighted by atomic mass is 32.2. The summed E-state index contributed by atoms with van der Waals surface area (Å²) in [6.45, 7) is 0. The first-order chi connectivity index (χ1) is 9.71. The van der Waals surface area contributed by atoms with Crippen LogP contribution in [0.5, 0.6) is 0 Å². The molecule has 1 saturated carbocycles. The van der Waals surface area contributed by atoms with Crippen LogP contribution < -0.4 is 10.5 Å². The van der Waals surface area contributed by atoms with E-state index in [2.05, 4.69) is 9.88 Å². The molecule has 0 bridgehead atoms. The number of sulfone groups is 1. The van der Waals surface area contributed by atoms with Gasteiger partial charge in [0.15, 0.2) is 5.84 Å². The number of nitrogens with two attached hydrogens (primary N) is 1. The molecule has 1 saturated heterocycles. The minimum absolute atomic E-state index is 0.0872. The number of rotatable bonds is 4. The first kappa shape index (κ1) is 16.5. The van der Waals surface area contributed by atoms with Gasteiger partial charge >= 0.3 is 0 Å². The van der Waals surface area contributed by atoms with E-state index in [4.69, 9.17) is 10.9 Å². The fourth-order valence-corrected chi connectivity index (χ4v) is 6.69. The molecule has 0 aromatic rings. The van der Waals surface area contributed by atoms with E-state index in [0.717, 1.165) is 12.8 Å². The third-order valence-electron chi connectivity index (χ3n) is 4.33. The Morgan fingerprint density at radius 2 is 1.76 bits per heavy atom. The van der Waals surface area contributed by atoms with E-state index in [9.17, 15) is 16.8 Å². The summed E-state index contributed by atoms with van der Waals surface area (Å²) in [7, 11) is -6.84.